The quantitative estimate of drug-likeness (QED) is 0.789. The number of hydrogen-bond acceptors (Lipinski definition) is 2. The summed E-state index contributed by atoms with van der Waals surface area (Å²) in [7, 11) is 2.10. The van der Waals surface area contributed by atoms with Gasteiger partial charge in [0.2, 0.25) is 0 Å². The fourth-order valence-corrected chi connectivity index (χ4v) is 2.80. The van der Waals surface area contributed by atoms with Gasteiger partial charge in [-0.25, -0.2) is 0 Å². The SMILES string of the molecule is CNC1CCCCCC1Cc1ccccn1. The molecule has 1 N–H and O–H groups in total. The van der Waals surface area contributed by atoms with E-state index in [1.54, 1.807) is 0 Å². The molecule has 0 amide bonds. The Kier molecular flexibility index (Phi) is 4.34. The summed E-state index contributed by atoms with van der Waals surface area (Å²) in [5.41, 5.74) is 1.25. The van der Waals surface area contributed by atoms with Crippen LogP contribution >= 0.6 is 0 Å². The summed E-state index contributed by atoms with van der Waals surface area (Å²) in [5, 5.41) is 3.49. The molecule has 88 valence electrons. The van der Waals surface area contributed by atoms with Crippen molar-refractivity contribution in [3.05, 3.63) is 30.1 Å². The lowest BCUT2D eigenvalue weighted by Gasteiger charge is -2.24. The second-order valence-corrected chi connectivity index (χ2v) is 4.82. The first-order valence-corrected chi connectivity index (χ1v) is 6.47. The van der Waals surface area contributed by atoms with E-state index in [-0.39, 0.29) is 0 Å². The maximum atomic E-state index is 4.44. The summed E-state index contributed by atoms with van der Waals surface area (Å²) < 4.78 is 0. The molecule has 0 aromatic carbocycles. The Bertz CT molecular complexity index is 297. The summed E-state index contributed by atoms with van der Waals surface area (Å²) in [6.45, 7) is 0. The van der Waals surface area contributed by atoms with Gasteiger partial charge < -0.3 is 5.32 Å². The third-order valence-electron chi connectivity index (χ3n) is 3.73. The van der Waals surface area contributed by atoms with E-state index in [4.69, 9.17) is 0 Å². The van der Waals surface area contributed by atoms with Crippen LogP contribution in [0.15, 0.2) is 24.4 Å². The molecule has 2 atom stereocenters. The van der Waals surface area contributed by atoms with Crippen LogP contribution in [0.2, 0.25) is 0 Å². The lowest BCUT2D eigenvalue weighted by molar-refractivity contribution is 0.348. The fourth-order valence-electron chi connectivity index (χ4n) is 2.80. The maximum absolute atomic E-state index is 4.44. The minimum Gasteiger partial charge on any atom is -0.317 e. The molecule has 0 aliphatic heterocycles. The Morgan fingerprint density at radius 3 is 2.88 bits per heavy atom. The minimum absolute atomic E-state index is 0.685. The number of pyridine rings is 1. The van der Waals surface area contributed by atoms with Gasteiger partial charge in [-0.2, -0.15) is 0 Å². The molecule has 16 heavy (non-hydrogen) atoms. The highest BCUT2D eigenvalue weighted by Crippen LogP contribution is 2.25. The van der Waals surface area contributed by atoms with E-state index in [0.29, 0.717) is 6.04 Å². The van der Waals surface area contributed by atoms with Gasteiger partial charge in [0, 0.05) is 17.9 Å². The van der Waals surface area contributed by atoms with Crippen molar-refractivity contribution < 1.29 is 0 Å². The van der Waals surface area contributed by atoms with Gasteiger partial charge in [-0.1, -0.05) is 25.3 Å². The van der Waals surface area contributed by atoms with Crippen LogP contribution in [0.4, 0.5) is 0 Å². The summed E-state index contributed by atoms with van der Waals surface area (Å²) in [6, 6.07) is 6.92. The second-order valence-electron chi connectivity index (χ2n) is 4.82. The molecule has 0 bridgehead atoms. The Labute approximate surface area is 98.5 Å². The highest BCUT2D eigenvalue weighted by atomic mass is 14.9. The second kappa shape index (κ2) is 6.00. The van der Waals surface area contributed by atoms with E-state index >= 15 is 0 Å². The van der Waals surface area contributed by atoms with Crippen LogP contribution < -0.4 is 5.32 Å². The topological polar surface area (TPSA) is 24.9 Å². The maximum Gasteiger partial charge on any atom is 0.0406 e. The molecule has 2 rings (SSSR count). The molecule has 1 aromatic heterocycles. The predicted molar refractivity (Wildman–Crippen MR) is 67.4 cm³/mol. The molecule has 0 radical (unpaired) electrons. The van der Waals surface area contributed by atoms with Gasteiger partial charge in [-0.05, 0) is 44.4 Å². The summed E-state index contributed by atoms with van der Waals surface area (Å²) >= 11 is 0. The van der Waals surface area contributed by atoms with E-state index in [1.807, 2.05) is 12.3 Å². The van der Waals surface area contributed by atoms with Crippen LogP contribution in [0.3, 0.4) is 0 Å². The zero-order valence-electron chi connectivity index (χ0n) is 10.2. The third-order valence-corrected chi connectivity index (χ3v) is 3.73. The third kappa shape index (κ3) is 3.05. The number of hydrogen-bond donors (Lipinski definition) is 1. The van der Waals surface area contributed by atoms with Crippen molar-refractivity contribution >= 4 is 0 Å². The molecule has 1 heterocycles. The molecule has 1 aliphatic rings. The molecule has 2 nitrogen and oxygen atoms in total. The van der Waals surface area contributed by atoms with Crippen molar-refractivity contribution in [2.45, 2.75) is 44.6 Å². The van der Waals surface area contributed by atoms with Crippen molar-refractivity contribution in [3.8, 4) is 0 Å². The van der Waals surface area contributed by atoms with Crippen LogP contribution in [-0.2, 0) is 6.42 Å². The Hall–Kier alpha value is -0.890. The normalized spacial score (nSPS) is 26.3. The van der Waals surface area contributed by atoms with E-state index in [1.165, 1.54) is 37.8 Å². The fraction of sp³-hybridized carbons (Fsp3) is 0.643. The van der Waals surface area contributed by atoms with Crippen LogP contribution in [0.25, 0.3) is 0 Å². The Balaban J connectivity index is 2.00. The highest BCUT2D eigenvalue weighted by Gasteiger charge is 2.22. The summed E-state index contributed by atoms with van der Waals surface area (Å²) in [5.74, 6) is 0.766. The van der Waals surface area contributed by atoms with E-state index < -0.39 is 0 Å². The molecular weight excluding hydrogens is 196 g/mol. The molecule has 1 saturated carbocycles. The van der Waals surface area contributed by atoms with Gasteiger partial charge >= 0.3 is 0 Å². The first-order valence-electron chi connectivity index (χ1n) is 6.47. The molecule has 2 unspecified atom stereocenters. The molecule has 0 spiro atoms. The minimum atomic E-state index is 0.685. The standard InChI is InChI=1S/C14H22N2/c1-15-14-9-4-2-3-7-12(14)11-13-8-5-6-10-16-13/h5-6,8,10,12,14-15H,2-4,7,9,11H2,1H3. The van der Waals surface area contributed by atoms with Gasteiger partial charge in [0.15, 0.2) is 0 Å². The average Bonchev–Trinajstić information content (AvgIpc) is 2.55. The van der Waals surface area contributed by atoms with Crippen molar-refractivity contribution in [3.63, 3.8) is 0 Å². The van der Waals surface area contributed by atoms with Gasteiger partial charge in [0.05, 0.1) is 0 Å². The van der Waals surface area contributed by atoms with Crippen LogP contribution in [0, 0.1) is 5.92 Å². The van der Waals surface area contributed by atoms with Gasteiger partial charge in [0.1, 0.15) is 0 Å². The Morgan fingerprint density at radius 1 is 1.25 bits per heavy atom. The van der Waals surface area contributed by atoms with Crippen LogP contribution in [0.5, 0.6) is 0 Å². The van der Waals surface area contributed by atoms with Gasteiger partial charge in [-0.15, -0.1) is 0 Å². The van der Waals surface area contributed by atoms with Crippen LogP contribution in [-0.4, -0.2) is 18.1 Å². The molecule has 0 saturated heterocycles. The van der Waals surface area contributed by atoms with Crippen molar-refractivity contribution in [2.75, 3.05) is 7.05 Å². The molecule has 2 heteroatoms. The number of nitrogens with zero attached hydrogens (tertiary/aromatic N) is 1. The molecular formula is C14H22N2. The summed E-state index contributed by atoms with van der Waals surface area (Å²) in [6.07, 6.45) is 9.87. The van der Waals surface area contributed by atoms with E-state index in [2.05, 4.69) is 29.5 Å². The predicted octanol–water partition coefficient (Wildman–Crippen LogP) is 2.79. The first kappa shape index (κ1) is 11.6. The van der Waals surface area contributed by atoms with E-state index in [9.17, 15) is 0 Å². The van der Waals surface area contributed by atoms with Crippen LogP contribution in [0.1, 0.15) is 37.8 Å². The van der Waals surface area contributed by atoms with Gasteiger partial charge in [-0.3, -0.25) is 4.98 Å². The monoisotopic (exact) mass is 218 g/mol. The Morgan fingerprint density at radius 2 is 2.12 bits per heavy atom. The lowest BCUT2D eigenvalue weighted by atomic mass is 9.90. The number of nitrogens with one attached hydrogen (secondary N) is 1. The lowest BCUT2D eigenvalue weighted by Crippen LogP contribution is -2.34. The van der Waals surface area contributed by atoms with Crippen molar-refractivity contribution in [2.24, 2.45) is 5.92 Å². The molecule has 1 aliphatic carbocycles. The largest absolute Gasteiger partial charge is 0.317 e. The zero-order valence-corrected chi connectivity index (χ0v) is 10.2. The summed E-state index contributed by atoms with van der Waals surface area (Å²) in [4.78, 5) is 4.44. The van der Waals surface area contributed by atoms with Crippen molar-refractivity contribution in [1.82, 2.24) is 10.3 Å². The number of rotatable bonds is 3. The zero-order chi connectivity index (χ0) is 11.2. The molecule has 1 aromatic rings. The first-order chi connectivity index (χ1) is 7.90. The molecule has 1 fully saturated rings. The van der Waals surface area contributed by atoms with Crippen molar-refractivity contribution in [1.29, 1.82) is 0 Å². The highest BCUT2D eigenvalue weighted by molar-refractivity contribution is 5.05. The number of aromatic nitrogens is 1. The average molecular weight is 218 g/mol. The smallest absolute Gasteiger partial charge is 0.0406 e. The van der Waals surface area contributed by atoms with E-state index in [0.717, 1.165) is 12.3 Å². The van der Waals surface area contributed by atoms with Gasteiger partial charge in [0.25, 0.3) is 0 Å².